The highest BCUT2D eigenvalue weighted by Gasteiger charge is 2.03. The third-order valence-corrected chi connectivity index (χ3v) is 3.29. The van der Waals surface area contributed by atoms with Crippen molar-refractivity contribution in [3.05, 3.63) is 23.4 Å². The molecule has 0 fully saturated rings. The van der Waals surface area contributed by atoms with E-state index in [2.05, 4.69) is 44.1 Å². The van der Waals surface area contributed by atoms with E-state index in [9.17, 15) is 0 Å². The van der Waals surface area contributed by atoms with Crippen molar-refractivity contribution in [1.29, 1.82) is 0 Å². The first-order valence-corrected chi connectivity index (χ1v) is 7.93. The van der Waals surface area contributed by atoms with Crippen molar-refractivity contribution < 1.29 is 4.74 Å². The summed E-state index contributed by atoms with van der Waals surface area (Å²) in [5.41, 5.74) is 2.32. The molecule has 1 rings (SSSR count). The molecule has 0 aliphatic rings. The Morgan fingerprint density at radius 2 is 2.00 bits per heavy atom. The second-order valence-electron chi connectivity index (χ2n) is 5.83. The second-order valence-corrected chi connectivity index (χ2v) is 5.83. The zero-order chi connectivity index (χ0) is 14.8. The van der Waals surface area contributed by atoms with Crippen LogP contribution in [0.1, 0.15) is 57.7 Å². The number of nitrogens with zero attached hydrogens (tertiary/aromatic N) is 1. The summed E-state index contributed by atoms with van der Waals surface area (Å²) in [7, 11) is 0. The fraction of sp³-hybridized carbons (Fsp3) is 0.706. The molecule has 1 N–H and O–H groups in total. The summed E-state index contributed by atoms with van der Waals surface area (Å²) in [6.07, 6.45) is 4.91. The van der Waals surface area contributed by atoms with E-state index in [1.54, 1.807) is 0 Å². The van der Waals surface area contributed by atoms with Crippen LogP contribution in [-0.2, 0) is 6.54 Å². The summed E-state index contributed by atoms with van der Waals surface area (Å²) in [4.78, 5) is 4.53. The Kier molecular flexibility index (Phi) is 8.28. The maximum Gasteiger partial charge on any atom is 0.213 e. The van der Waals surface area contributed by atoms with Gasteiger partial charge in [0, 0.05) is 18.3 Å². The van der Waals surface area contributed by atoms with Crippen LogP contribution in [0.2, 0.25) is 0 Å². The van der Waals surface area contributed by atoms with Gasteiger partial charge < -0.3 is 10.1 Å². The van der Waals surface area contributed by atoms with Crippen molar-refractivity contribution >= 4 is 0 Å². The molecule has 0 spiro atoms. The molecule has 0 aliphatic heterocycles. The predicted molar refractivity (Wildman–Crippen MR) is 85.2 cm³/mol. The molecular formula is C17H30N2O. The van der Waals surface area contributed by atoms with Crippen LogP contribution in [0.3, 0.4) is 0 Å². The summed E-state index contributed by atoms with van der Waals surface area (Å²) >= 11 is 0. The third kappa shape index (κ3) is 6.90. The smallest absolute Gasteiger partial charge is 0.213 e. The Morgan fingerprint density at radius 3 is 2.65 bits per heavy atom. The Morgan fingerprint density at radius 1 is 1.20 bits per heavy atom. The summed E-state index contributed by atoms with van der Waals surface area (Å²) in [5, 5.41) is 3.45. The largest absolute Gasteiger partial charge is 0.478 e. The lowest BCUT2D eigenvalue weighted by Crippen LogP contribution is -2.19. The molecule has 3 nitrogen and oxygen atoms in total. The normalized spacial score (nSPS) is 11.1. The molecule has 0 atom stereocenters. The number of hydrogen-bond acceptors (Lipinski definition) is 3. The van der Waals surface area contributed by atoms with Crippen LogP contribution in [0.15, 0.2) is 12.1 Å². The average Bonchev–Trinajstić information content (AvgIpc) is 2.40. The van der Waals surface area contributed by atoms with Gasteiger partial charge in [0.2, 0.25) is 5.88 Å². The van der Waals surface area contributed by atoms with Gasteiger partial charge in [0.25, 0.3) is 0 Å². The Labute approximate surface area is 124 Å². The number of pyridine rings is 1. The third-order valence-electron chi connectivity index (χ3n) is 3.29. The van der Waals surface area contributed by atoms with Gasteiger partial charge in [-0.3, -0.25) is 0 Å². The van der Waals surface area contributed by atoms with E-state index in [0.717, 1.165) is 37.7 Å². The van der Waals surface area contributed by atoms with Gasteiger partial charge >= 0.3 is 0 Å². The first-order valence-electron chi connectivity index (χ1n) is 7.93. The van der Waals surface area contributed by atoms with Gasteiger partial charge in [-0.25, -0.2) is 4.98 Å². The van der Waals surface area contributed by atoms with Gasteiger partial charge in [-0.2, -0.15) is 0 Å². The standard InChI is InChI=1S/C17H30N2O/c1-5-6-7-8-11-20-17-10-9-16(15(4)19-17)13-18-12-14(2)3/h9-10,14,18H,5-8,11-13H2,1-4H3. The molecule has 0 aromatic carbocycles. The highest BCUT2D eigenvalue weighted by atomic mass is 16.5. The lowest BCUT2D eigenvalue weighted by atomic mass is 10.2. The van der Waals surface area contributed by atoms with Gasteiger partial charge in [-0.1, -0.05) is 46.1 Å². The molecule has 0 amide bonds. The fourth-order valence-electron chi connectivity index (χ4n) is 2.04. The van der Waals surface area contributed by atoms with E-state index in [1.165, 1.54) is 24.8 Å². The Bertz CT molecular complexity index is 377. The summed E-state index contributed by atoms with van der Waals surface area (Å²) in [6.45, 7) is 11.4. The van der Waals surface area contributed by atoms with Gasteiger partial charge in [0.05, 0.1) is 6.61 Å². The van der Waals surface area contributed by atoms with E-state index in [0.29, 0.717) is 5.92 Å². The van der Waals surface area contributed by atoms with Gasteiger partial charge in [0.15, 0.2) is 0 Å². The molecule has 0 radical (unpaired) electrons. The first-order chi connectivity index (χ1) is 9.63. The van der Waals surface area contributed by atoms with Gasteiger partial charge in [0.1, 0.15) is 0 Å². The number of nitrogens with one attached hydrogen (secondary N) is 1. The molecule has 0 saturated heterocycles. The molecular weight excluding hydrogens is 248 g/mol. The number of aromatic nitrogens is 1. The molecule has 0 aliphatic carbocycles. The molecule has 20 heavy (non-hydrogen) atoms. The Hall–Kier alpha value is -1.09. The lowest BCUT2D eigenvalue weighted by molar-refractivity contribution is 0.293. The zero-order valence-electron chi connectivity index (χ0n) is 13.5. The van der Waals surface area contributed by atoms with Gasteiger partial charge in [-0.05, 0) is 31.4 Å². The topological polar surface area (TPSA) is 34.1 Å². The lowest BCUT2D eigenvalue weighted by Gasteiger charge is -2.11. The molecule has 0 saturated carbocycles. The van der Waals surface area contributed by atoms with Crippen LogP contribution in [0.25, 0.3) is 0 Å². The number of rotatable bonds is 10. The zero-order valence-corrected chi connectivity index (χ0v) is 13.5. The maximum atomic E-state index is 5.70. The van der Waals surface area contributed by atoms with Crippen LogP contribution >= 0.6 is 0 Å². The van der Waals surface area contributed by atoms with E-state index in [4.69, 9.17) is 4.74 Å². The monoisotopic (exact) mass is 278 g/mol. The molecule has 1 aromatic rings. The average molecular weight is 278 g/mol. The van der Waals surface area contributed by atoms with Crippen molar-refractivity contribution in [2.45, 2.75) is 59.9 Å². The SMILES string of the molecule is CCCCCCOc1ccc(CNCC(C)C)c(C)n1. The minimum absolute atomic E-state index is 0.675. The first kappa shape index (κ1) is 17.0. The van der Waals surface area contributed by atoms with Crippen LogP contribution in [-0.4, -0.2) is 18.1 Å². The molecule has 0 unspecified atom stereocenters. The van der Waals surface area contributed by atoms with Crippen LogP contribution < -0.4 is 10.1 Å². The van der Waals surface area contributed by atoms with Crippen molar-refractivity contribution in [2.75, 3.05) is 13.2 Å². The molecule has 114 valence electrons. The number of ether oxygens (including phenoxy) is 1. The Balaban J connectivity index is 2.35. The van der Waals surface area contributed by atoms with Gasteiger partial charge in [-0.15, -0.1) is 0 Å². The van der Waals surface area contributed by atoms with Crippen molar-refractivity contribution in [3.8, 4) is 5.88 Å². The minimum atomic E-state index is 0.675. The van der Waals surface area contributed by atoms with E-state index in [-0.39, 0.29) is 0 Å². The predicted octanol–water partition coefficient (Wildman–Crippen LogP) is 4.09. The highest BCUT2D eigenvalue weighted by Crippen LogP contribution is 2.13. The number of unbranched alkanes of at least 4 members (excludes halogenated alkanes) is 3. The fourth-order valence-corrected chi connectivity index (χ4v) is 2.04. The minimum Gasteiger partial charge on any atom is -0.478 e. The molecule has 1 aromatic heterocycles. The number of aryl methyl sites for hydroxylation is 1. The highest BCUT2D eigenvalue weighted by molar-refractivity contribution is 5.24. The van der Waals surface area contributed by atoms with E-state index >= 15 is 0 Å². The summed E-state index contributed by atoms with van der Waals surface area (Å²) in [5.74, 6) is 1.43. The van der Waals surface area contributed by atoms with E-state index < -0.39 is 0 Å². The summed E-state index contributed by atoms with van der Waals surface area (Å²) in [6, 6.07) is 4.11. The van der Waals surface area contributed by atoms with E-state index in [1.807, 2.05) is 6.07 Å². The van der Waals surface area contributed by atoms with Crippen molar-refractivity contribution in [1.82, 2.24) is 10.3 Å². The molecule has 3 heteroatoms. The molecule has 1 heterocycles. The van der Waals surface area contributed by atoms with Crippen LogP contribution in [0.5, 0.6) is 5.88 Å². The second kappa shape index (κ2) is 9.76. The molecule has 0 bridgehead atoms. The van der Waals surface area contributed by atoms with Crippen molar-refractivity contribution in [3.63, 3.8) is 0 Å². The maximum absolute atomic E-state index is 5.70. The quantitative estimate of drug-likeness (QED) is 0.654. The summed E-state index contributed by atoms with van der Waals surface area (Å²) < 4.78 is 5.70. The van der Waals surface area contributed by atoms with Crippen molar-refractivity contribution in [2.24, 2.45) is 5.92 Å². The van der Waals surface area contributed by atoms with Crippen LogP contribution in [0, 0.1) is 12.8 Å². The van der Waals surface area contributed by atoms with Crippen LogP contribution in [0.4, 0.5) is 0 Å². The number of hydrogen-bond donors (Lipinski definition) is 1.